The largest absolute Gasteiger partial charge is 0.330 e. The molecule has 0 radical (unpaired) electrons. The molecule has 0 spiro atoms. The molecule has 0 heterocycles. The smallest absolute Gasteiger partial charge is 0.00678 e. The van der Waals surface area contributed by atoms with Crippen LogP contribution >= 0.6 is 0 Å². The molecule has 0 aliphatic carbocycles. The van der Waals surface area contributed by atoms with Crippen molar-refractivity contribution in [3.63, 3.8) is 0 Å². The fourth-order valence-corrected chi connectivity index (χ4v) is 2.25. The number of rotatable bonds is 8. The van der Waals surface area contributed by atoms with Gasteiger partial charge in [0.05, 0.1) is 0 Å². The Morgan fingerprint density at radius 1 is 0.933 bits per heavy atom. The standard InChI is InChI=1S/C13H30N2/c1-10(2)8-12(9-11(3)4)13(15)6-5-7-14/h10-13H,5-9,14-15H2,1-4H3. The number of hydrogen-bond acceptors (Lipinski definition) is 2. The maximum Gasteiger partial charge on any atom is 0.00678 e. The normalized spacial score (nSPS) is 14.2. The zero-order valence-corrected chi connectivity index (χ0v) is 11.0. The quantitative estimate of drug-likeness (QED) is 0.653. The molecule has 0 aliphatic heterocycles. The lowest BCUT2D eigenvalue weighted by molar-refractivity contribution is 0.282. The maximum atomic E-state index is 6.25. The zero-order valence-electron chi connectivity index (χ0n) is 11.0. The minimum atomic E-state index is 0.346. The molecule has 0 rings (SSSR count). The van der Waals surface area contributed by atoms with Gasteiger partial charge in [-0.3, -0.25) is 0 Å². The summed E-state index contributed by atoms with van der Waals surface area (Å²) in [5.41, 5.74) is 11.8. The van der Waals surface area contributed by atoms with Gasteiger partial charge in [0.15, 0.2) is 0 Å². The zero-order chi connectivity index (χ0) is 11.8. The summed E-state index contributed by atoms with van der Waals surface area (Å²) in [4.78, 5) is 0. The number of hydrogen-bond donors (Lipinski definition) is 2. The summed E-state index contributed by atoms with van der Waals surface area (Å²) in [7, 11) is 0. The van der Waals surface area contributed by atoms with Crippen molar-refractivity contribution in [2.24, 2.45) is 29.2 Å². The Bertz CT molecular complexity index is 133. The predicted molar refractivity (Wildman–Crippen MR) is 68.7 cm³/mol. The van der Waals surface area contributed by atoms with E-state index in [0.717, 1.165) is 31.2 Å². The second-order valence-corrected chi connectivity index (χ2v) is 5.61. The molecule has 2 nitrogen and oxygen atoms in total. The van der Waals surface area contributed by atoms with E-state index >= 15 is 0 Å². The lowest BCUT2D eigenvalue weighted by Crippen LogP contribution is -2.32. The van der Waals surface area contributed by atoms with Crippen LogP contribution in [-0.2, 0) is 0 Å². The first kappa shape index (κ1) is 14.9. The highest BCUT2D eigenvalue weighted by atomic mass is 14.7. The minimum absolute atomic E-state index is 0.346. The van der Waals surface area contributed by atoms with Gasteiger partial charge < -0.3 is 11.5 Å². The van der Waals surface area contributed by atoms with Gasteiger partial charge in [0.25, 0.3) is 0 Å². The summed E-state index contributed by atoms with van der Waals surface area (Å²) in [6.07, 6.45) is 4.66. The Hall–Kier alpha value is -0.0800. The Morgan fingerprint density at radius 2 is 1.40 bits per heavy atom. The Labute approximate surface area is 95.8 Å². The molecule has 2 heteroatoms. The highest BCUT2D eigenvalue weighted by molar-refractivity contribution is 4.75. The summed E-state index contributed by atoms with van der Waals surface area (Å²) in [6, 6.07) is 0.346. The maximum absolute atomic E-state index is 6.25. The Balaban J connectivity index is 4.07. The van der Waals surface area contributed by atoms with E-state index in [9.17, 15) is 0 Å². The molecule has 0 aromatic carbocycles. The van der Waals surface area contributed by atoms with Crippen LogP contribution in [0.25, 0.3) is 0 Å². The van der Waals surface area contributed by atoms with Crippen LogP contribution in [0.3, 0.4) is 0 Å². The molecule has 0 saturated carbocycles. The van der Waals surface area contributed by atoms with Crippen LogP contribution < -0.4 is 11.5 Å². The molecule has 1 unspecified atom stereocenters. The average molecular weight is 214 g/mol. The fourth-order valence-electron chi connectivity index (χ4n) is 2.25. The van der Waals surface area contributed by atoms with Crippen molar-refractivity contribution in [1.82, 2.24) is 0 Å². The average Bonchev–Trinajstić information content (AvgIpc) is 2.11. The highest BCUT2D eigenvalue weighted by Crippen LogP contribution is 2.24. The first-order chi connectivity index (χ1) is 6.97. The van der Waals surface area contributed by atoms with Crippen LogP contribution in [0.5, 0.6) is 0 Å². The summed E-state index contributed by atoms with van der Waals surface area (Å²) >= 11 is 0. The van der Waals surface area contributed by atoms with Gasteiger partial charge in [-0.25, -0.2) is 0 Å². The van der Waals surface area contributed by atoms with Crippen LogP contribution in [0.4, 0.5) is 0 Å². The first-order valence-electron chi connectivity index (χ1n) is 6.43. The van der Waals surface area contributed by atoms with Gasteiger partial charge in [0, 0.05) is 6.04 Å². The van der Waals surface area contributed by atoms with Crippen molar-refractivity contribution in [1.29, 1.82) is 0 Å². The minimum Gasteiger partial charge on any atom is -0.330 e. The summed E-state index contributed by atoms with van der Waals surface area (Å²) < 4.78 is 0. The van der Waals surface area contributed by atoms with E-state index in [4.69, 9.17) is 11.5 Å². The molecule has 0 amide bonds. The van der Waals surface area contributed by atoms with Crippen molar-refractivity contribution in [2.45, 2.75) is 59.4 Å². The van der Waals surface area contributed by atoms with Crippen molar-refractivity contribution in [3.05, 3.63) is 0 Å². The van der Waals surface area contributed by atoms with Crippen molar-refractivity contribution in [2.75, 3.05) is 6.54 Å². The molecule has 0 aliphatic rings. The second kappa shape index (κ2) is 8.12. The molecule has 15 heavy (non-hydrogen) atoms. The third-order valence-corrected chi connectivity index (χ3v) is 2.90. The lowest BCUT2D eigenvalue weighted by atomic mass is 9.83. The van der Waals surface area contributed by atoms with E-state index in [1.54, 1.807) is 0 Å². The van der Waals surface area contributed by atoms with E-state index in [-0.39, 0.29) is 0 Å². The molecule has 4 N–H and O–H groups in total. The SMILES string of the molecule is CC(C)CC(CC(C)C)C(N)CCCN. The van der Waals surface area contributed by atoms with Crippen molar-refractivity contribution in [3.8, 4) is 0 Å². The van der Waals surface area contributed by atoms with Crippen molar-refractivity contribution < 1.29 is 0 Å². The summed E-state index contributed by atoms with van der Waals surface area (Å²) in [5.74, 6) is 2.17. The molecule has 92 valence electrons. The fraction of sp³-hybridized carbons (Fsp3) is 1.00. The van der Waals surface area contributed by atoms with Gasteiger partial charge >= 0.3 is 0 Å². The predicted octanol–water partition coefficient (Wildman–Crippen LogP) is 2.76. The van der Waals surface area contributed by atoms with Crippen LogP contribution in [0.15, 0.2) is 0 Å². The molecule has 1 atom stereocenters. The molecule has 0 aromatic rings. The van der Waals surface area contributed by atoms with E-state index in [1.165, 1.54) is 12.8 Å². The topological polar surface area (TPSA) is 52.0 Å². The Kier molecular flexibility index (Phi) is 8.07. The summed E-state index contributed by atoms with van der Waals surface area (Å²) in [5, 5.41) is 0. The van der Waals surface area contributed by atoms with Gasteiger partial charge in [-0.05, 0) is 50.0 Å². The van der Waals surface area contributed by atoms with Crippen molar-refractivity contribution >= 4 is 0 Å². The van der Waals surface area contributed by atoms with E-state index in [1.807, 2.05) is 0 Å². The molecule has 0 aromatic heterocycles. The molecular weight excluding hydrogens is 184 g/mol. The highest BCUT2D eigenvalue weighted by Gasteiger charge is 2.19. The first-order valence-corrected chi connectivity index (χ1v) is 6.43. The van der Waals surface area contributed by atoms with E-state index < -0.39 is 0 Å². The van der Waals surface area contributed by atoms with Crippen LogP contribution in [0.1, 0.15) is 53.4 Å². The van der Waals surface area contributed by atoms with Gasteiger partial charge in [-0.15, -0.1) is 0 Å². The Morgan fingerprint density at radius 3 is 1.73 bits per heavy atom. The third-order valence-electron chi connectivity index (χ3n) is 2.90. The third kappa shape index (κ3) is 7.80. The van der Waals surface area contributed by atoms with Gasteiger partial charge in [-0.1, -0.05) is 27.7 Å². The van der Waals surface area contributed by atoms with Gasteiger partial charge in [0.1, 0.15) is 0 Å². The van der Waals surface area contributed by atoms with E-state index in [2.05, 4.69) is 27.7 Å². The second-order valence-electron chi connectivity index (χ2n) is 5.61. The lowest BCUT2D eigenvalue weighted by Gasteiger charge is -2.27. The van der Waals surface area contributed by atoms with Crippen LogP contribution in [0.2, 0.25) is 0 Å². The molecule has 0 bridgehead atoms. The molecular formula is C13H30N2. The molecule has 0 fully saturated rings. The number of nitrogens with two attached hydrogens (primary N) is 2. The van der Waals surface area contributed by atoms with Crippen LogP contribution in [-0.4, -0.2) is 12.6 Å². The summed E-state index contributed by atoms with van der Waals surface area (Å²) in [6.45, 7) is 9.89. The van der Waals surface area contributed by atoms with Gasteiger partial charge in [0.2, 0.25) is 0 Å². The van der Waals surface area contributed by atoms with Crippen LogP contribution in [0, 0.1) is 17.8 Å². The van der Waals surface area contributed by atoms with Gasteiger partial charge in [-0.2, -0.15) is 0 Å². The molecule has 0 saturated heterocycles. The monoisotopic (exact) mass is 214 g/mol. The van der Waals surface area contributed by atoms with E-state index in [0.29, 0.717) is 12.0 Å².